The summed E-state index contributed by atoms with van der Waals surface area (Å²) in [6.07, 6.45) is 1.79. The standard InChI is InChI=1S/C13H16FNO3S2/c1-20(17,18)9-8-19-12-6-7-15(13(12)16)11-5-3-2-4-10(11)14/h2-5,12H,6-9H2,1H3/t12-/m0/s1. The van der Waals surface area contributed by atoms with Crippen LogP contribution in [0.3, 0.4) is 0 Å². The summed E-state index contributed by atoms with van der Waals surface area (Å²) in [4.78, 5) is 13.6. The van der Waals surface area contributed by atoms with E-state index in [1.165, 1.54) is 29.0 Å². The molecule has 1 aromatic rings. The number of rotatable bonds is 5. The fraction of sp³-hybridized carbons (Fsp3) is 0.462. The normalized spacial score (nSPS) is 19.6. The molecule has 1 aromatic carbocycles. The highest BCUT2D eigenvalue weighted by molar-refractivity contribution is 8.01. The molecule has 1 saturated heterocycles. The van der Waals surface area contributed by atoms with Gasteiger partial charge in [0.15, 0.2) is 0 Å². The van der Waals surface area contributed by atoms with E-state index in [0.717, 1.165) is 0 Å². The largest absolute Gasteiger partial charge is 0.309 e. The lowest BCUT2D eigenvalue weighted by atomic mass is 10.3. The molecule has 0 spiro atoms. The third kappa shape index (κ3) is 3.73. The van der Waals surface area contributed by atoms with Gasteiger partial charge in [-0.15, -0.1) is 11.8 Å². The molecule has 20 heavy (non-hydrogen) atoms. The van der Waals surface area contributed by atoms with Gasteiger partial charge in [-0.25, -0.2) is 12.8 Å². The van der Waals surface area contributed by atoms with E-state index in [0.29, 0.717) is 24.4 Å². The summed E-state index contributed by atoms with van der Waals surface area (Å²) in [6.45, 7) is 0.469. The van der Waals surface area contributed by atoms with Crippen LogP contribution < -0.4 is 4.90 Å². The second-order valence-electron chi connectivity index (χ2n) is 4.72. The average molecular weight is 317 g/mol. The Hall–Kier alpha value is -1.08. The number of para-hydroxylation sites is 1. The van der Waals surface area contributed by atoms with Crippen LogP contribution in [0.1, 0.15) is 6.42 Å². The first kappa shape index (κ1) is 15.3. The van der Waals surface area contributed by atoms with E-state index in [2.05, 4.69) is 0 Å². The Morgan fingerprint density at radius 1 is 1.40 bits per heavy atom. The van der Waals surface area contributed by atoms with E-state index in [1.54, 1.807) is 18.2 Å². The quantitative estimate of drug-likeness (QED) is 0.829. The van der Waals surface area contributed by atoms with E-state index in [4.69, 9.17) is 0 Å². The average Bonchev–Trinajstić information content (AvgIpc) is 2.70. The molecule has 1 amide bonds. The molecule has 0 aliphatic carbocycles. The first-order chi connectivity index (χ1) is 9.38. The second kappa shape index (κ2) is 6.13. The predicted molar refractivity (Wildman–Crippen MR) is 79.3 cm³/mol. The van der Waals surface area contributed by atoms with Gasteiger partial charge in [0.2, 0.25) is 5.91 Å². The molecule has 0 radical (unpaired) electrons. The van der Waals surface area contributed by atoms with Crippen LogP contribution in [-0.2, 0) is 14.6 Å². The van der Waals surface area contributed by atoms with Gasteiger partial charge in [-0.3, -0.25) is 4.79 Å². The van der Waals surface area contributed by atoms with E-state index in [1.807, 2.05) is 0 Å². The zero-order valence-electron chi connectivity index (χ0n) is 11.1. The first-order valence-electron chi connectivity index (χ1n) is 6.24. The van der Waals surface area contributed by atoms with E-state index in [-0.39, 0.29) is 16.9 Å². The Kier molecular flexibility index (Phi) is 4.70. The van der Waals surface area contributed by atoms with Crippen LogP contribution in [0.4, 0.5) is 10.1 Å². The Morgan fingerprint density at radius 2 is 2.10 bits per heavy atom. The summed E-state index contributed by atoms with van der Waals surface area (Å²) < 4.78 is 35.8. The second-order valence-corrected chi connectivity index (χ2v) is 8.29. The number of carbonyl (C=O) groups is 1. The zero-order chi connectivity index (χ0) is 14.8. The molecule has 0 aromatic heterocycles. The van der Waals surface area contributed by atoms with Gasteiger partial charge in [0.1, 0.15) is 15.7 Å². The van der Waals surface area contributed by atoms with Crippen LogP contribution in [0.2, 0.25) is 0 Å². The maximum Gasteiger partial charge on any atom is 0.240 e. The number of hydrogen-bond acceptors (Lipinski definition) is 4. The van der Waals surface area contributed by atoms with Crippen molar-refractivity contribution in [3.63, 3.8) is 0 Å². The van der Waals surface area contributed by atoms with E-state index >= 15 is 0 Å². The maximum atomic E-state index is 13.7. The molecule has 0 bridgehead atoms. The van der Waals surface area contributed by atoms with E-state index in [9.17, 15) is 17.6 Å². The van der Waals surface area contributed by atoms with Crippen molar-refractivity contribution < 1.29 is 17.6 Å². The lowest BCUT2D eigenvalue weighted by molar-refractivity contribution is -0.116. The van der Waals surface area contributed by atoms with Gasteiger partial charge >= 0.3 is 0 Å². The van der Waals surface area contributed by atoms with Gasteiger partial charge < -0.3 is 4.90 Å². The van der Waals surface area contributed by atoms with Crippen molar-refractivity contribution in [3.05, 3.63) is 30.1 Å². The Labute approximate surface area is 122 Å². The number of anilines is 1. The minimum Gasteiger partial charge on any atom is -0.309 e. The number of benzene rings is 1. The Morgan fingerprint density at radius 3 is 2.75 bits per heavy atom. The summed E-state index contributed by atoms with van der Waals surface area (Å²) >= 11 is 1.33. The number of sulfone groups is 1. The van der Waals surface area contributed by atoms with Gasteiger partial charge in [-0.2, -0.15) is 0 Å². The van der Waals surface area contributed by atoms with Gasteiger partial charge in [0, 0.05) is 18.6 Å². The smallest absolute Gasteiger partial charge is 0.240 e. The molecule has 2 rings (SSSR count). The molecule has 4 nitrogen and oxygen atoms in total. The molecule has 1 aliphatic rings. The molecule has 0 unspecified atom stereocenters. The molecule has 1 aliphatic heterocycles. The summed E-state index contributed by atoms with van der Waals surface area (Å²) in [7, 11) is -3.01. The SMILES string of the molecule is CS(=O)(=O)CCS[C@H]1CCN(c2ccccc2F)C1=O. The molecule has 1 heterocycles. The Balaban J connectivity index is 1.98. The van der Waals surface area contributed by atoms with Crippen LogP contribution in [0.15, 0.2) is 24.3 Å². The number of nitrogens with zero attached hydrogens (tertiary/aromatic N) is 1. The number of hydrogen-bond donors (Lipinski definition) is 0. The highest BCUT2D eigenvalue weighted by Crippen LogP contribution is 2.29. The maximum absolute atomic E-state index is 13.7. The van der Waals surface area contributed by atoms with Crippen molar-refractivity contribution in [1.29, 1.82) is 0 Å². The fourth-order valence-electron chi connectivity index (χ4n) is 2.06. The minimum atomic E-state index is -3.01. The molecule has 0 saturated carbocycles. The van der Waals surface area contributed by atoms with Crippen LogP contribution >= 0.6 is 11.8 Å². The molecule has 7 heteroatoms. The van der Waals surface area contributed by atoms with Crippen molar-refractivity contribution >= 4 is 33.2 Å². The number of halogens is 1. The topological polar surface area (TPSA) is 54.5 Å². The highest BCUT2D eigenvalue weighted by atomic mass is 32.2. The molecule has 0 N–H and O–H groups in total. The summed E-state index contributed by atoms with van der Waals surface area (Å²) in [5.41, 5.74) is 0.295. The van der Waals surface area contributed by atoms with Crippen molar-refractivity contribution in [2.24, 2.45) is 0 Å². The van der Waals surface area contributed by atoms with Crippen LogP contribution in [0.5, 0.6) is 0 Å². The summed E-state index contributed by atoms with van der Waals surface area (Å²) in [6, 6.07) is 6.18. The van der Waals surface area contributed by atoms with Crippen LogP contribution in [-0.4, -0.2) is 43.9 Å². The van der Waals surface area contributed by atoms with Crippen molar-refractivity contribution in [1.82, 2.24) is 0 Å². The van der Waals surface area contributed by atoms with Crippen molar-refractivity contribution in [2.45, 2.75) is 11.7 Å². The summed E-state index contributed by atoms with van der Waals surface area (Å²) in [5, 5.41) is -0.281. The lowest BCUT2D eigenvalue weighted by Crippen LogP contribution is -2.29. The summed E-state index contributed by atoms with van der Waals surface area (Å²) in [5.74, 6) is -0.113. The number of thioether (sulfide) groups is 1. The minimum absolute atomic E-state index is 0.0567. The van der Waals surface area contributed by atoms with Crippen molar-refractivity contribution in [2.75, 3.05) is 29.2 Å². The van der Waals surface area contributed by atoms with Gasteiger partial charge in [0.05, 0.1) is 16.7 Å². The number of amides is 1. The highest BCUT2D eigenvalue weighted by Gasteiger charge is 2.33. The first-order valence-corrected chi connectivity index (χ1v) is 9.34. The third-order valence-electron chi connectivity index (χ3n) is 3.07. The molecule has 1 fully saturated rings. The fourth-order valence-corrected chi connectivity index (χ4v) is 4.48. The molecule has 110 valence electrons. The molecular formula is C13H16FNO3S2. The monoisotopic (exact) mass is 317 g/mol. The molecular weight excluding hydrogens is 301 g/mol. The van der Waals surface area contributed by atoms with Gasteiger partial charge in [-0.05, 0) is 18.6 Å². The van der Waals surface area contributed by atoms with Gasteiger partial charge in [-0.1, -0.05) is 12.1 Å². The van der Waals surface area contributed by atoms with Crippen LogP contribution in [0.25, 0.3) is 0 Å². The third-order valence-corrected chi connectivity index (χ3v) is 5.56. The van der Waals surface area contributed by atoms with E-state index < -0.39 is 15.7 Å². The zero-order valence-corrected chi connectivity index (χ0v) is 12.7. The Bertz CT molecular complexity index is 603. The predicted octanol–water partition coefficient (Wildman–Crippen LogP) is 1.71. The van der Waals surface area contributed by atoms with Crippen molar-refractivity contribution in [3.8, 4) is 0 Å². The molecule has 1 atom stereocenters. The number of carbonyl (C=O) groups excluding carboxylic acids is 1. The van der Waals surface area contributed by atoms with Gasteiger partial charge in [0.25, 0.3) is 0 Å². The van der Waals surface area contributed by atoms with Crippen LogP contribution in [0, 0.1) is 5.82 Å². The lowest BCUT2D eigenvalue weighted by Gasteiger charge is -2.17.